The highest BCUT2D eigenvalue weighted by Gasteiger charge is 2.38. The summed E-state index contributed by atoms with van der Waals surface area (Å²) in [7, 11) is 0. The average Bonchev–Trinajstić information content (AvgIpc) is 2.45. The second kappa shape index (κ2) is 5.90. The van der Waals surface area contributed by atoms with Crippen LogP contribution in [0.2, 0.25) is 0 Å². The number of esters is 1. The van der Waals surface area contributed by atoms with E-state index < -0.39 is 5.97 Å². The van der Waals surface area contributed by atoms with E-state index in [1.165, 1.54) is 0 Å². The van der Waals surface area contributed by atoms with Gasteiger partial charge in [-0.15, -0.1) is 0 Å². The summed E-state index contributed by atoms with van der Waals surface area (Å²) in [5.41, 5.74) is 0.728. The van der Waals surface area contributed by atoms with Crippen LogP contribution in [-0.4, -0.2) is 24.5 Å². The van der Waals surface area contributed by atoms with Crippen LogP contribution in [0.15, 0.2) is 35.9 Å². The highest BCUT2D eigenvalue weighted by atomic mass is 16.5. The molecular weight excluding hydrogens is 256 g/mol. The van der Waals surface area contributed by atoms with Crippen molar-refractivity contribution in [3.05, 3.63) is 41.5 Å². The molecule has 4 nitrogen and oxygen atoms in total. The average molecular weight is 274 g/mol. The maximum Gasteiger partial charge on any atom is 0.345 e. The first-order chi connectivity index (χ1) is 9.56. The van der Waals surface area contributed by atoms with Crippen molar-refractivity contribution in [1.29, 1.82) is 0 Å². The minimum Gasteiger partial charge on any atom is -0.488 e. The predicted octanol–water partition coefficient (Wildman–Crippen LogP) is 2.58. The van der Waals surface area contributed by atoms with Crippen LogP contribution in [0.25, 0.3) is 5.76 Å². The van der Waals surface area contributed by atoms with Gasteiger partial charge in [-0.2, -0.15) is 0 Å². The zero-order valence-electron chi connectivity index (χ0n) is 11.9. The summed E-state index contributed by atoms with van der Waals surface area (Å²) < 4.78 is 10.8. The van der Waals surface area contributed by atoms with Crippen molar-refractivity contribution in [3.8, 4) is 0 Å². The van der Waals surface area contributed by atoms with Crippen molar-refractivity contribution in [2.75, 3.05) is 6.61 Å². The SMILES string of the molecule is CCOC(=O)C1=C(c2ccccc2)OC(C)C(C)C1=O. The van der Waals surface area contributed by atoms with Crippen LogP contribution in [-0.2, 0) is 19.1 Å². The third kappa shape index (κ3) is 2.59. The van der Waals surface area contributed by atoms with Gasteiger partial charge in [0, 0.05) is 5.56 Å². The van der Waals surface area contributed by atoms with E-state index in [4.69, 9.17) is 9.47 Å². The molecule has 2 unspecified atom stereocenters. The Hall–Kier alpha value is -2.10. The Labute approximate surface area is 118 Å². The number of ketones is 1. The van der Waals surface area contributed by atoms with E-state index in [2.05, 4.69) is 0 Å². The fourth-order valence-electron chi connectivity index (χ4n) is 2.10. The van der Waals surface area contributed by atoms with Gasteiger partial charge < -0.3 is 9.47 Å². The van der Waals surface area contributed by atoms with Crippen LogP contribution < -0.4 is 0 Å². The molecule has 0 amide bonds. The summed E-state index contributed by atoms with van der Waals surface area (Å²) in [6.45, 7) is 5.52. The van der Waals surface area contributed by atoms with Gasteiger partial charge in [0.25, 0.3) is 0 Å². The van der Waals surface area contributed by atoms with Gasteiger partial charge in [0.05, 0.1) is 12.5 Å². The highest BCUT2D eigenvalue weighted by molar-refractivity contribution is 6.23. The third-order valence-electron chi connectivity index (χ3n) is 3.41. The monoisotopic (exact) mass is 274 g/mol. The first-order valence-electron chi connectivity index (χ1n) is 6.74. The van der Waals surface area contributed by atoms with Crippen LogP contribution in [0.4, 0.5) is 0 Å². The van der Waals surface area contributed by atoms with E-state index in [1.807, 2.05) is 37.3 Å². The molecule has 0 saturated carbocycles. The minimum atomic E-state index is -0.616. The van der Waals surface area contributed by atoms with Crippen LogP contribution in [0.5, 0.6) is 0 Å². The molecule has 1 heterocycles. The first-order valence-corrected chi connectivity index (χ1v) is 6.74. The van der Waals surface area contributed by atoms with Crippen molar-refractivity contribution in [2.24, 2.45) is 5.92 Å². The van der Waals surface area contributed by atoms with Gasteiger partial charge in [-0.1, -0.05) is 37.3 Å². The fraction of sp³-hybridized carbons (Fsp3) is 0.375. The van der Waals surface area contributed by atoms with Crippen LogP contribution in [0.3, 0.4) is 0 Å². The number of Topliss-reactive ketones (excluding diaryl/α,β-unsaturated/α-hetero) is 1. The standard InChI is InChI=1S/C16H18O4/c1-4-19-16(18)13-14(17)10(2)11(3)20-15(13)12-8-6-5-7-9-12/h5-11H,4H2,1-3H3. The topological polar surface area (TPSA) is 52.6 Å². The molecule has 4 heteroatoms. The third-order valence-corrected chi connectivity index (χ3v) is 3.41. The number of rotatable bonds is 3. The molecule has 0 aromatic heterocycles. The van der Waals surface area contributed by atoms with Crippen molar-refractivity contribution in [1.82, 2.24) is 0 Å². The maximum absolute atomic E-state index is 12.4. The largest absolute Gasteiger partial charge is 0.488 e. The van der Waals surface area contributed by atoms with E-state index in [9.17, 15) is 9.59 Å². The second-order valence-corrected chi connectivity index (χ2v) is 4.77. The normalized spacial score (nSPS) is 22.4. The molecule has 0 bridgehead atoms. The molecule has 1 aromatic carbocycles. The predicted molar refractivity (Wildman–Crippen MR) is 74.7 cm³/mol. The van der Waals surface area contributed by atoms with Crippen molar-refractivity contribution >= 4 is 17.5 Å². The van der Waals surface area contributed by atoms with Crippen molar-refractivity contribution in [2.45, 2.75) is 26.9 Å². The van der Waals surface area contributed by atoms with Gasteiger partial charge in [-0.25, -0.2) is 4.79 Å². The minimum absolute atomic E-state index is 0.0173. The number of hydrogen-bond acceptors (Lipinski definition) is 4. The molecule has 0 saturated heterocycles. The Kier molecular flexibility index (Phi) is 4.23. The second-order valence-electron chi connectivity index (χ2n) is 4.77. The van der Waals surface area contributed by atoms with Crippen LogP contribution in [0, 0.1) is 5.92 Å². The maximum atomic E-state index is 12.4. The molecule has 2 atom stereocenters. The number of carbonyl (C=O) groups is 2. The summed E-state index contributed by atoms with van der Waals surface area (Å²) in [5, 5.41) is 0. The van der Waals surface area contributed by atoms with E-state index in [0.29, 0.717) is 11.3 Å². The van der Waals surface area contributed by atoms with E-state index in [0.717, 1.165) is 0 Å². The Morgan fingerprint density at radius 2 is 1.90 bits per heavy atom. The lowest BCUT2D eigenvalue weighted by Crippen LogP contribution is -2.35. The summed E-state index contributed by atoms with van der Waals surface area (Å²) in [5.74, 6) is -0.877. The van der Waals surface area contributed by atoms with E-state index in [-0.39, 0.29) is 30.0 Å². The first kappa shape index (κ1) is 14.3. The molecule has 106 valence electrons. The summed E-state index contributed by atoms with van der Waals surface area (Å²) in [6.07, 6.45) is -0.268. The van der Waals surface area contributed by atoms with Gasteiger partial charge in [0.2, 0.25) is 0 Å². The summed E-state index contributed by atoms with van der Waals surface area (Å²) >= 11 is 0. The quantitative estimate of drug-likeness (QED) is 0.628. The number of hydrogen-bond donors (Lipinski definition) is 0. The number of carbonyl (C=O) groups excluding carboxylic acids is 2. The van der Waals surface area contributed by atoms with Gasteiger partial charge >= 0.3 is 5.97 Å². The van der Waals surface area contributed by atoms with E-state index in [1.54, 1.807) is 13.8 Å². The smallest absolute Gasteiger partial charge is 0.345 e. The zero-order valence-corrected chi connectivity index (χ0v) is 11.9. The Morgan fingerprint density at radius 3 is 2.50 bits per heavy atom. The van der Waals surface area contributed by atoms with Gasteiger partial charge in [0.15, 0.2) is 5.78 Å². The van der Waals surface area contributed by atoms with Gasteiger partial charge in [-0.3, -0.25) is 4.79 Å². The molecule has 1 aliphatic rings. The lowest BCUT2D eigenvalue weighted by atomic mass is 9.89. The number of benzene rings is 1. The molecule has 0 fully saturated rings. The van der Waals surface area contributed by atoms with Crippen LogP contribution >= 0.6 is 0 Å². The molecule has 0 spiro atoms. The Morgan fingerprint density at radius 1 is 1.25 bits per heavy atom. The molecule has 1 aromatic rings. The van der Waals surface area contributed by atoms with E-state index >= 15 is 0 Å². The Bertz CT molecular complexity index is 545. The summed E-state index contributed by atoms with van der Waals surface area (Å²) in [6, 6.07) is 9.16. The van der Waals surface area contributed by atoms with Gasteiger partial charge in [-0.05, 0) is 13.8 Å². The molecular formula is C16H18O4. The lowest BCUT2D eigenvalue weighted by Gasteiger charge is -2.29. The number of ether oxygens (including phenoxy) is 2. The zero-order chi connectivity index (χ0) is 14.7. The van der Waals surface area contributed by atoms with Gasteiger partial charge in [0.1, 0.15) is 17.4 Å². The highest BCUT2D eigenvalue weighted by Crippen LogP contribution is 2.32. The van der Waals surface area contributed by atoms with Crippen molar-refractivity contribution < 1.29 is 19.1 Å². The molecule has 0 aliphatic carbocycles. The van der Waals surface area contributed by atoms with Crippen molar-refractivity contribution in [3.63, 3.8) is 0 Å². The molecule has 1 aliphatic heterocycles. The molecule has 2 rings (SSSR count). The molecule has 20 heavy (non-hydrogen) atoms. The summed E-state index contributed by atoms with van der Waals surface area (Å²) in [4.78, 5) is 24.5. The molecule has 0 radical (unpaired) electrons. The lowest BCUT2D eigenvalue weighted by molar-refractivity contribution is -0.141. The fourth-order valence-corrected chi connectivity index (χ4v) is 2.10. The van der Waals surface area contributed by atoms with Crippen LogP contribution in [0.1, 0.15) is 26.3 Å². The Balaban J connectivity index is 2.54. The molecule has 0 N–H and O–H groups in total.